The summed E-state index contributed by atoms with van der Waals surface area (Å²) in [5.41, 5.74) is 0. The molecule has 2 heteroatoms. The Morgan fingerprint density at radius 2 is 1.58 bits per heavy atom. The van der Waals surface area contributed by atoms with Crippen LogP contribution in [0.5, 0.6) is 0 Å². The maximum absolute atomic E-state index is 11.2. The van der Waals surface area contributed by atoms with Gasteiger partial charge in [0.2, 0.25) is 0 Å². The van der Waals surface area contributed by atoms with E-state index in [0.717, 1.165) is 25.0 Å². The summed E-state index contributed by atoms with van der Waals surface area (Å²) >= 11 is 1.94. The Hall–Kier alpha value is 0.0200. The lowest BCUT2D eigenvalue weighted by Gasteiger charge is -1.97. The number of carbonyl (C=O) groups excluding carboxylic acids is 1. The van der Waals surface area contributed by atoms with E-state index >= 15 is 0 Å². The highest BCUT2D eigenvalue weighted by molar-refractivity contribution is 7.99. The summed E-state index contributed by atoms with van der Waals surface area (Å²) in [6.07, 6.45) is 8.07. The molecule has 0 saturated carbocycles. The molecule has 1 rings (SSSR count). The minimum Gasteiger partial charge on any atom is -0.300 e. The molecule has 1 nitrogen and oxygen atoms in total. The fourth-order valence-electron chi connectivity index (χ4n) is 1.47. The Morgan fingerprint density at radius 1 is 0.833 bits per heavy atom. The van der Waals surface area contributed by atoms with Gasteiger partial charge in [0.25, 0.3) is 0 Å². The predicted octanol–water partition coefficient (Wildman–Crippen LogP) is 3.03. The van der Waals surface area contributed by atoms with Crippen molar-refractivity contribution in [1.82, 2.24) is 0 Å². The number of rotatable bonds is 0. The zero-order valence-corrected chi connectivity index (χ0v) is 8.50. The van der Waals surface area contributed by atoms with Gasteiger partial charge in [0.1, 0.15) is 5.78 Å². The van der Waals surface area contributed by atoms with E-state index < -0.39 is 0 Å². The molecule has 0 aromatic heterocycles. The zero-order chi connectivity index (χ0) is 8.65. The Labute approximate surface area is 79.3 Å². The Morgan fingerprint density at radius 3 is 2.50 bits per heavy atom. The highest BCUT2D eigenvalue weighted by Gasteiger charge is 2.03. The molecule has 1 heterocycles. The van der Waals surface area contributed by atoms with Crippen molar-refractivity contribution in [2.45, 2.75) is 44.9 Å². The van der Waals surface area contributed by atoms with Crippen LogP contribution in [0.25, 0.3) is 0 Å². The third-order valence-corrected chi connectivity index (χ3v) is 3.34. The van der Waals surface area contributed by atoms with Crippen LogP contribution in [-0.2, 0) is 4.79 Å². The number of thioether (sulfide) groups is 1. The topological polar surface area (TPSA) is 17.1 Å². The first-order valence-electron chi connectivity index (χ1n) is 4.99. The fourth-order valence-corrected chi connectivity index (χ4v) is 2.45. The van der Waals surface area contributed by atoms with E-state index in [2.05, 4.69) is 0 Å². The molecule has 1 fully saturated rings. The molecule has 1 aliphatic heterocycles. The van der Waals surface area contributed by atoms with Crippen molar-refractivity contribution in [2.75, 3.05) is 11.5 Å². The van der Waals surface area contributed by atoms with Crippen molar-refractivity contribution in [1.29, 1.82) is 0 Å². The van der Waals surface area contributed by atoms with Gasteiger partial charge in [0, 0.05) is 18.6 Å². The van der Waals surface area contributed by atoms with Crippen LogP contribution in [0.15, 0.2) is 0 Å². The summed E-state index contributed by atoms with van der Waals surface area (Å²) in [7, 11) is 0. The molecule has 0 aromatic carbocycles. The van der Waals surface area contributed by atoms with Crippen molar-refractivity contribution >= 4 is 17.5 Å². The van der Waals surface area contributed by atoms with Crippen molar-refractivity contribution in [3.8, 4) is 0 Å². The number of carbonyl (C=O) groups is 1. The van der Waals surface area contributed by atoms with Crippen LogP contribution in [0.4, 0.5) is 0 Å². The number of Topliss-reactive ketones (excluding diaryl/α,β-unsaturated/α-hetero) is 1. The molecule has 12 heavy (non-hydrogen) atoms. The molecule has 0 bridgehead atoms. The van der Waals surface area contributed by atoms with Crippen LogP contribution in [0.3, 0.4) is 0 Å². The van der Waals surface area contributed by atoms with Crippen LogP contribution in [0.2, 0.25) is 0 Å². The quantitative estimate of drug-likeness (QED) is 0.578. The van der Waals surface area contributed by atoms with Gasteiger partial charge in [-0.2, -0.15) is 11.8 Å². The second-order valence-electron chi connectivity index (χ2n) is 3.42. The van der Waals surface area contributed by atoms with E-state index in [0.29, 0.717) is 5.78 Å². The van der Waals surface area contributed by atoms with Gasteiger partial charge in [-0.1, -0.05) is 19.3 Å². The van der Waals surface area contributed by atoms with Gasteiger partial charge in [-0.15, -0.1) is 0 Å². The Balaban J connectivity index is 2.17. The van der Waals surface area contributed by atoms with Crippen LogP contribution >= 0.6 is 11.8 Å². The molecule has 0 unspecified atom stereocenters. The average Bonchev–Trinajstić information content (AvgIpc) is 2.11. The molecule has 0 amide bonds. The van der Waals surface area contributed by atoms with Crippen LogP contribution in [0.1, 0.15) is 44.9 Å². The van der Waals surface area contributed by atoms with E-state index in [1.165, 1.54) is 31.4 Å². The van der Waals surface area contributed by atoms with E-state index in [-0.39, 0.29) is 0 Å². The van der Waals surface area contributed by atoms with Gasteiger partial charge in [-0.3, -0.25) is 4.79 Å². The molecular formula is C10H18OS. The molecule has 0 atom stereocenters. The lowest BCUT2D eigenvalue weighted by Crippen LogP contribution is -1.98. The standard InChI is InChI=1S/C10H18OS/c11-10-6-4-2-1-3-5-8-12-9-7-10/h1-9H2. The second kappa shape index (κ2) is 6.53. The molecule has 0 spiro atoms. The zero-order valence-electron chi connectivity index (χ0n) is 7.68. The highest BCUT2D eigenvalue weighted by atomic mass is 32.2. The Kier molecular flexibility index (Phi) is 5.50. The van der Waals surface area contributed by atoms with Crippen molar-refractivity contribution < 1.29 is 4.79 Å². The van der Waals surface area contributed by atoms with Crippen LogP contribution < -0.4 is 0 Å². The van der Waals surface area contributed by atoms with Gasteiger partial charge in [-0.25, -0.2) is 0 Å². The maximum atomic E-state index is 11.2. The summed E-state index contributed by atoms with van der Waals surface area (Å²) < 4.78 is 0. The average molecular weight is 186 g/mol. The molecule has 1 aliphatic rings. The normalized spacial score (nSPS) is 23.2. The molecule has 0 aromatic rings. The number of hydrogen-bond acceptors (Lipinski definition) is 2. The largest absolute Gasteiger partial charge is 0.300 e. The van der Waals surface area contributed by atoms with Crippen molar-refractivity contribution in [3.63, 3.8) is 0 Å². The van der Waals surface area contributed by atoms with E-state index in [9.17, 15) is 4.79 Å². The lowest BCUT2D eigenvalue weighted by molar-refractivity contribution is -0.118. The summed E-state index contributed by atoms with van der Waals surface area (Å²) in [6, 6.07) is 0. The highest BCUT2D eigenvalue weighted by Crippen LogP contribution is 2.14. The minimum absolute atomic E-state index is 0.476. The first kappa shape index (κ1) is 10.1. The number of hydrogen-bond donors (Lipinski definition) is 0. The van der Waals surface area contributed by atoms with Gasteiger partial charge >= 0.3 is 0 Å². The molecule has 0 aliphatic carbocycles. The van der Waals surface area contributed by atoms with Gasteiger partial charge in [0.05, 0.1) is 0 Å². The summed E-state index contributed by atoms with van der Waals surface area (Å²) in [4.78, 5) is 11.2. The van der Waals surface area contributed by atoms with Crippen LogP contribution in [-0.4, -0.2) is 17.3 Å². The van der Waals surface area contributed by atoms with Gasteiger partial charge in [0.15, 0.2) is 0 Å². The van der Waals surface area contributed by atoms with Crippen molar-refractivity contribution in [3.05, 3.63) is 0 Å². The molecule has 70 valence electrons. The first-order valence-corrected chi connectivity index (χ1v) is 6.14. The Bertz CT molecular complexity index is 120. The third-order valence-electron chi connectivity index (χ3n) is 2.27. The van der Waals surface area contributed by atoms with E-state index in [4.69, 9.17) is 0 Å². The van der Waals surface area contributed by atoms with E-state index in [1.807, 2.05) is 11.8 Å². The van der Waals surface area contributed by atoms with Crippen molar-refractivity contribution in [2.24, 2.45) is 0 Å². The molecule has 1 saturated heterocycles. The van der Waals surface area contributed by atoms with Gasteiger partial charge < -0.3 is 0 Å². The van der Waals surface area contributed by atoms with Crippen LogP contribution in [0, 0.1) is 0 Å². The van der Waals surface area contributed by atoms with Gasteiger partial charge in [-0.05, 0) is 18.6 Å². The summed E-state index contributed by atoms with van der Waals surface area (Å²) in [6.45, 7) is 0. The smallest absolute Gasteiger partial charge is 0.133 e. The first-order chi connectivity index (χ1) is 5.89. The summed E-state index contributed by atoms with van der Waals surface area (Å²) in [5, 5.41) is 0. The SMILES string of the molecule is O=C1CCCCCCCSCC1. The fraction of sp³-hybridized carbons (Fsp3) is 0.900. The third kappa shape index (κ3) is 4.81. The molecule has 0 radical (unpaired) electrons. The molecule has 0 N–H and O–H groups in total. The summed E-state index contributed by atoms with van der Waals surface area (Å²) in [5.74, 6) is 2.79. The second-order valence-corrected chi connectivity index (χ2v) is 4.64. The molecular weight excluding hydrogens is 168 g/mol. The predicted molar refractivity (Wildman–Crippen MR) is 54.7 cm³/mol. The lowest BCUT2D eigenvalue weighted by atomic mass is 10.1. The minimum atomic E-state index is 0.476. The monoisotopic (exact) mass is 186 g/mol. The maximum Gasteiger partial charge on any atom is 0.133 e. The number of ketones is 1. The van der Waals surface area contributed by atoms with E-state index in [1.54, 1.807) is 0 Å².